The molecule has 0 amide bonds. The molecule has 3 N–H and O–H groups in total. The molecule has 1 atom stereocenters. The molecule has 0 bridgehead atoms. The van der Waals surface area contributed by atoms with Crippen molar-refractivity contribution in [1.29, 1.82) is 0 Å². The average molecular weight is 302 g/mol. The zero-order chi connectivity index (χ0) is 12.4. The number of carboxylic acids is 1. The maximum atomic E-state index is 10.5. The van der Waals surface area contributed by atoms with Crippen LogP contribution in [-0.2, 0) is 4.79 Å². The van der Waals surface area contributed by atoms with Crippen molar-refractivity contribution in [1.82, 2.24) is 0 Å². The normalized spacial score (nSPS) is 14.7. The molecular weight excluding hydrogens is 290 g/mol. The van der Waals surface area contributed by atoms with Crippen molar-refractivity contribution in [2.45, 2.75) is 18.9 Å². The molecule has 5 nitrogen and oxygen atoms in total. The highest BCUT2D eigenvalue weighted by Gasteiger charge is 2.22. The minimum atomic E-state index is -0.850. The van der Waals surface area contributed by atoms with E-state index >= 15 is 0 Å². The fourth-order valence-corrected chi connectivity index (χ4v) is 2.41. The standard InChI is InChI=1S/C11H12BrNO4/c12-10-6(7(13)2-4-9(14)15)1-3-8-11(10)17-5-16-8/h1,3,7H,2,4-5,13H2,(H,14,15). The lowest BCUT2D eigenvalue weighted by atomic mass is 10.0. The Hall–Kier alpha value is -1.27. The number of ether oxygens (including phenoxy) is 2. The minimum Gasteiger partial charge on any atom is -0.481 e. The van der Waals surface area contributed by atoms with Gasteiger partial charge in [0.25, 0.3) is 0 Å². The maximum absolute atomic E-state index is 10.5. The first-order valence-corrected chi connectivity index (χ1v) is 5.94. The predicted octanol–water partition coefficient (Wildman–Crippen LogP) is 2.04. The molecule has 0 aliphatic carbocycles. The van der Waals surface area contributed by atoms with Crippen LogP contribution in [0, 0.1) is 0 Å². The van der Waals surface area contributed by atoms with Gasteiger partial charge in [0.2, 0.25) is 6.79 Å². The second-order valence-corrected chi connectivity index (χ2v) is 4.53. The Morgan fingerprint density at radius 2 is 2.29 bits per heavy atom. The summed E-state index contributed by atoms with van der Waals surface area (Å²) < 4.78 is 11.3. The van der Waals surface area contributed by atoms with Gasteiger partial charge in [-0.25, -0.2) is 0 Å². The van der Waals surface area contributed by atoms with E-state index < -0.39 is 5.97 Å². The number of rotatable bonds is 4. The number of carbonyl (C=O) groups is 1. The van der Waals surface area contributed by atoms with E-state index in [9.17, 15) is 4.79 Å². The first-order chi connectivity index (χ1) is 8.09. The number of carboxylic acid groups (broad SMARTS) is 1. The van der Waals surface area contributed by atoms with Crippen LogP contribution in [0.4, 0.5) is 0 Å². The first kappa shape index (κ1) is 12.2. The van der Waals surface area contributed by atoms with Crippen LogP contribution in [0.2, 0.25) is 0 Å². The molecule has 0 saturated carbocycles. The van der Waals surface area contributed by atoms with Crippen LogP contribution in [0.15, 0.2) is 16.6 Å². The molecule has 0 spiro atoms. The molecule has 1 aromatic carbocycles. The van der Waals surface area contributed by atoms with Gasteiger partial charge in [0, 0.05) is 12.5 Å². The van der Waals surface area contributed by atoms with Crippen LogP contribution in [0.1, 0.15) is 24.4 Å². The Bertz CT molecular complexity index is 449. The van der Waals surface area contributed by atoms with Gasteiger partial charge in [0.15, 0.2) is 11.5 Å². The summed E-state index contributed by atoms with van der Waals surface area (Å²) in [6.45, 7) is 0.196. The fourth-order valence-electron chi connectivity index (χ4n) is 1.67. The molecule has 0 aromatic heterocycles. The van der Waals surface area contributed by atoms with Gasteiger partial charge in [-0.1, -0.05) is 6.07 Å². The summed E-state index contributed by atoms with van der Waals surface area (Å²) in [5, 5.41) is 8.62. The number of hydrogen-bond acceptors (Lipinski definition) is 4. The van der Waals surface area contributed by atoms with Gasteiger partial charge >= 0.3 is 5.97 Å². The molecular formula is C11H12BrNO4. The molecule has 1 heterocycles. The highest BCUT2D eigenvalue weighted by atomic mass is 79.9. The molecule has 92 valence electrons. The van der Waals surface area contributed by atoms with E-state index in [4.69, 9.17) is 20.3 Å². The Kier molecular flexibility index (Phi) is 3.54. The van der Waals surface area contributed by atoms with Gasteiger partial charge in [-0.3, -0.25) is 4.79 Å². The summed E-state index contributed by atoms with van der Waals surface area (Å²) in [5.41, 5.74) is 6.78. The smallest absolute Gasteiger partial charge is 0.303 e. The number of hydrogen-bond donors (Lipinski definition) is 2. The van der Waals surface area contributed by atoms with Crippen molar-refractivity contribution in [3.8, 4) is 11.5 Å². The van der Waals surface area contributed by atoms with Crippen molar-refractivity contribution in [3.63, 3.8) is 0 Å². The Morgan fingerprint density at radius 3 is 3.00 bits per heavy atom. The van der Waals surface area contributed by atoms with E-state index in [0.29, 0.717) is 17.9 Å². The third kappa shape index (κ3) is 2.53. The van der Waals surface area contributed by atoms with E-state index in [1.54, 1.807) is 6.07 Å². The number of fused-ring (bicyclic) bond motifs is 1. The molecule has 1 aliphatic heterocycles. The molecule has 0 saturated heterocycles. The second kappa shape index (κ2) is 4.93. The van der Waals surface area contributed by atoms with E-state index in [0.717, 1.165) is 10.0 Å². The summed E-state index contributed by atoms with van der Waals surface area (Å²) >= 11 is 3.41. The minimum absolute atomic E-state index is 0.0437. The fraction of sp³-hybridized carbons (Fsp3) is 0.364. The van der Waals surface area contributed by atoms with Crippen molar-refractivity contribution in [2.75, 3.05) is 6.79 Å². The van der Waals surface area contributed by atoms with Gasteiger partial charge in [0.05, 0.1) is 4.47 Å². The van der Waals surface area contributed by atoms with Crippen LogP contribution in [0.25, 0.3) is 0 Å². The molecule has 2 rings (SSSR count). The quantitative estimate of drug-likeness (QED) is 0.889. The zero-order valence-corrected chi connectivity index (χ0v) is 10.6. The number of aliphatic carboxylic acids is 1. The van der Waals surface area contributed by atoms with Gasteiger partial charge in [-0.2, -0.15) is 0 Å². The molecule has 6 heteroatoms. The zero-order valence-electron chi connectivity index (χ0n) is 8.98. The average Bonchev–Trinajstić information content (AvgIpc) is 2.75. The summed E-state index contributed by atoms with van der Waals surface area (Å²) in [7, 11) is 0. The highest BCUT2D eigenvalue weighted by Crippen LogP contribution is 2.42. The van der Waals surface area contributed by atoms with Crippen LogP contribution in [0.5, 0.6) is 11.5 Å². The summed E-state index contributed by atoms with van der Waals surface area (Å²) in [4.78, 5) is 10.5. The van der Waals surface area contributed by atoms with Crippen LogP contribution < -0.4 is 15.2 Å². The van der Waals surface area contributed by atoms with Crippen molar-refractivity contribution < 1.29 is 19.4 Å². The third-order valence-corrected chi connectivity index (χ3v) is 3.40. The molecule has 17 heavy (non-hydrogen) atoms. The van der Waals surface area contributed by atoms with Gasteiger partial charge in [0.1, 0.15) is 0 Å². The molecule has 1 unspecified atom stereocenters. The van der Waals surface area contributed by atoms with Crippen LogP contribution in [0.3, 0.4) is 0 Å². The maximum Gasteiger partial charge on any atom is 0.303 e. The van der Waals surface area contributed by atoms with Crippen LogP contribution >= 0.6 is 15.9 Å². The van der Waals surface area contributed by atoms with Gasteiger partial charge in [-0.05, 0) is 34.0 Å². The lowest BCUT2D eigenvalue weighted by Gasteiger charge is -2.14. The number of nitrogens with two attached hydrogens (primary N) is 1. The van der Waals surface area contributed by atoms with E-state index in [1.807, 2.05) is 6.07 Å². The van der Waals surface area contributed by atoms with Crippen LogP contribution in [-0.4, -0.2) is 17.9 Å². The van der Waals surface area contributed by atoms with Crippen molar-refractivity contribution in [3.05, 3.63) is 22.2 Å². The number of halogens is 1. The third-order valence-electron chi connectivity index (χ3n) is 2.58. The van der Waals surface area contributed by atoms with E-state index in [2.05, 4.69) is 15.9 Å². The largest absolute Gasteiger partial charge is 0.481 e. The first-order valence-electron chi connectivity index (χ1n) is 5.15. The second-order valence-electron chi connectivity index (χ2n) is 3.74. The van der Waals surface area contributed by atoms with E-state index in [1.165, 1.54) is 0 Å². The summed E-state index contributed by atoms with van der Waals surface area (Å²) in [5.74, 6) is 0.455. The lowest BCUT2D eigenvalue weighted by molar-refractivity contribution is -0.137. The molecule has 1 aromatic rings. The lowest BCUT2D eigenvalue weighted by Crippen LogP contribution is -2.13. The Labute approximate surface area is 107 Å². The Morgan fingerprint density at radius 1 is 1.53 bits per heavy atom. The molecule has 1 aliphatic rings. The Balaban J connectivity index is 2.18. The topological polar surface area (TPSA) is 81.8 Å². The molecule has 0 radical (unpaired) electrons. The number of benzene rings is 1. The van der Waals surface area contributed by atoms with Crippen molar-refractivity contribution in [2.24, 2.45) is 5.73 Å². The predicted molar refractivity (Wildman–Crippen MR) is 64.1 cm³/mol. The van der Waals surface area contributed by atoms with E-state index in [-0.39, 0.29) is 19.3 Å². The summed E-state index contributed by atoms with van der Waals surface area (Å²) in [6, 6.07) is 3.27. The van der Waals surface area contributed by atoms with Crippen molar-refractivity contribution >= 4 is 21.9 Å². The highest BCUT2D eigenvalue weighted by molar-refractivity contribution is 9.10. The SMILES string of the molecule is NC(CCC(=O)O)c1ccc2c(c1Br)OCO2. The van der Waals surface area contributed by atoms with Gasteiger partial charge in [-0.15, -0.1) is 0 Å². The van der Waals surface area contributed by atoms with Gasteiger partial charge < -0.3 is 20.3 Å². The molecule has 0 fully saturated rings. The summed E-state index contributed by atoms with van der Waals surface area (Å²) in [6.07, 6.45) is 0.426. The monoisotopic (exact) mass is 301 g/mol.